The normalized spacial score (nSPS) is 11.3. The molecular weight excluding hydrogens is 385 g/mol. The average Bonchev–Trinajstić information content (AvgIpc) is 2.17. The van der Waals surface area contributed by atoms with Crippen LogP contribution in [0.15, 0.2) is 22.7 Å². The van der Waals surface area contributed by atoms with Crippen molar-refractivity contribution in [3.8, 4) is 0 Å². The summed E-state index contributed by atoms with van der Waals surface area (Å²) in [6, 6.07) is 5.54. The van der Waals surface area contributed by atoms with Crippen LogP contribution in [-0.2, 0) is 0 Å². The minimum absolute atomic E-state index is 0.187. The lowest BCUT2D eigenvalue weighted by atomic mass is 10.1. The average molecular weight is 398 g/mol. The maximum atomic E-state index is 11.8. The number of rotatable bonds is 3. The fourth-order valence-electron chi connectivity index (χ4n) is 1.06. The fourth-order valence-corrected chi connectivity index (χ4v) is 1.98. The standard InChI is InChI=1S/C11H13BrINO2/c1-11(2,16)6-14-10(15)8-5-7(13)3-4-9(8)12/h3-5,16H,6H2,1-2H3,(H,14,15). The van der Waals surface area contributed by atoms with Crippen LogP contribution in [0.5, 0.6) is 0 Å². The minimum atomic E-state index is -0.899. The number of halogens is 2. The minimum Gasteiger partial charge on any atom is -0.389 e. The van der Waals surface area contributed by atoms with Crippen molar-refractivity contribution < 1.29 is 9.90 Å². The van der Waals surface area contributed by atoms with Crippen LogP contribution in [0.3, 0.4) is 0 Å². The molecule has 1 rings (SSSR count). The zero-order chi connectivity index (χ0) is 12.3. The summed E-state index contributed by atoms with van der Waals surface area (Å²) < 4.78 is 1.75. The molecule has 0 radical (unpaired) electrons. The number of carbonyl (C=O) groups excluding carboxylic acids is 1. The third-order valence-electron chi connectivity index (χ3n) is 1.85. The van der Waals surface area contributed by atoms with Gasteiger partial charge in [0.15, 0.2) is 0 Å². The quantitative estimate of drug-likeness (QED) is 0.770. The lowest BCUT2D eigenvalue weighted by Crippen LogP contribution is -2.38. The Morgan fingerprint density at radius 3 is 2.75 bits per heavy atom. The third-order valence-corrected chi connectivity index (χ3v) is 3.22. The fraction of sp³-hybridized carbons (Fsp3) is 0.364. The SMILES string of the molecule is CC(C)(O)CNC(=O)c1cc(I)ccc1Br. The van der Waals surface area contributed by atoms with Crippen LogP contribution in [0, 0.1) is 3.57 Å². The van der Waals surface area contributed by atoms with E-state index in [9.17, 15) is 9.90 Å². The van der Waals surface area contributed by atoms with Gasteiger partial charge >= 0.3 is 0 Å². The maximum Gasteiger partial charge on any atom is 0.252 e. The molecule has 0 heterocycles. The number of hydrogen-bond acceptors (Lipinski definition) is 2. The second kappa shape index (κ2) is 5.46. The zero-order valence-corrected chi connectivity index (χ0v) is 12.8. The summed E-state index contributed by atoms with van der Waals surface area (Å²) >= 11 is 5.47. The highest BCUT2D eigenvalue weighted by molar-refractivity contribution is 14.1. The van der Waals surface area contributed by atoms with Gasteiger partial charge in [0.1, 0.15) is 0 Å². The molecule has 3 nitrogen and oxygen atoms in total. The second-order valence-corrected chi connectivity index (χ2v) is 6.22. The van der Waals surface area contributed by atoms with E-state index in [2.05, 4.69) is 43.8 Å². The van der Waals surface area contributed by atoms with Crippen LogP contribution in [0.1, 0.15) is 24.2 Å². The first-order valence-electron chi connectivity index (χ1n) is 4.75. The van der Waals surface area contributed by atoms with Gasteiger partial charge < -0.3 is 10.4 Å². The van der Waals surface area contributed by atoms with Crippen molar-refractivity contribution >= 4 is 44.4 Å². The van der Waals surface area contributed by atoms with Gasteiger partial charge in [-0.1, -0.05) is 0 Å². The molecule has 0 saturated heterocycles. The van der Waals surface area contributed by atoms with Crippen LogP contribution >= 0.6 is 38.5 Å². The Balaban J connectivity index is 2.77. The summed E-state index contributed by atoms with van der Waals surface area (Å²) in [5, 5.41) is 12.2. The molecule has 1 amide bonds. The maximum absolute atomic E-state index is 11.8. The van der Waals surface area contributed by atoms with Gasteiger partial charge in [0, 0.05) is 14.6 Å². The van der Waals surface area contributed by atoms with E-state index < -0.39 is 5.60 Å². The van der Waals surface area contributed by atoms with Gasteiger partial charge in [0.05, 0.1) is 11.2 Å². The van der Waals surface area contributed by atoms with Gasteiger partial charge in [-0.05, 0) is 70.6 Å². The first-order chi connectivity index (χ1) is 7.29. The summed E-state index contributed by atoms with van der Waals surface area (Å²) in [7, 11) is 0. The van der Waals surface area contributed by atoms with Gasteiger partial charge in [-0.25, -0.2) is 0 Å². The molecule has 0 saturated carbocycles. The number of benzene rings is 1. The molecule has 0 spiro atoms. The lowest BCUT2D eigenvalue weighted by Gasteiger charge is -2.17. The van der Waals surface area contributed by atoms with Crippen molar-refractivity contribution in [2.24, 2.45) is 0 Å². The van der Waals surface area contributed by atoms with Crippen molar-refractivity contribution in [3.63, 3.8) is 0 Å². The second-order valence-electron chi connectivity index (χ2n) is 4.12. The van der Waals surface area contributed by atoms with E-state index >= 15 is 0 Å². The van der Waals surface area contributed by atoms with Gasteiger partial charge in [-0.3, -0.25) is 4.79 Å². The van der Waals surface area contributed by atoms with Crippen molar-refractivity contribution in [2.45, 2.75) is 19.4 Å². The van der Waals surface area contributed by atoms with Crippen molar-refractivity contribution in [3.05, 3.63) is 31.8 Å². The van der Waals surface area contributed by atoms with E-state index in [0.717, 1.165) is 8.04 Å². The van der Waals surface area contributed by atoms with Gasteiger partial charge in [-0.2, -0.15) is 0 Å². The molecular formula is C11H13BrINO2. The highest BCUT2D eigenvalue weighted by Crippen LogP contribution is 2.19. The van der Waals surface area contributed by atoms with Crippen LogP contribution < -0.4 is 5.32 Å². The summed E-state index contributed by atoms with van der Waals surface area (Å²) in [5.74, 6) is -0.187. The van der Waals surface area contributed by atoms with Crippen LogP contribution in [-0.4, -0.2) is 23.2 Å². The Morgan fingerprint density at radius 2 is 2.19 bits per heavy atom. The van der Waals surface area contributed by atoms with Crippen LogP contribution in [0.25, 0.3) is 0 Å². The van der Waals surface area contributed by atoms with Crippen molar-refractivity contribution in [1.82, 2.24) is 5.32 Å². The predicted molar refractivity (Wildman–Crippen MR) is 75.5 cm³/mol. The Labute approximate surface area is 117 Å². The van der Waals surface area contributed by atoms with Crippen LogP contribution in [0.2, 0.25) is 0 Å². The molecule has 0 aliphatic heterocycles. The summed E-state index contributed by atoms with van der Waals surface area (Å²) in [6.07, 6.45) is 0. The van der Waals surface area contributed by atoms with Crippen molar-refractivity contribution in [2.75, 3.05) is 6.54 Å². The number of amides is 1. The summed E-state index contributed by atoms with van der Waals surface area (Å²) in [6.45, 7) is 3.53. The number of hydrogen-bond donors (Lipinski definition) is 2. The van der Waals surface area contributed by atoms with Gasteiger partial charge in [0.2, 0.25) is 0 Å². The molecule has 5 heteroatoms. The Morgan fingerprint density at radius 1 is 1.56 bits per heavy atom. The molecule has 0 aliphatic carbocycles. The summed E-state index contributed by atoms with van der Waals surface area (Å²) in [4.78, 5) is 11.8. The van der Waals surface area contributed by atoms with Gasteiger partial charge in [0.25, 0.3) is 5.91 Å². The third kappa shape index (κ3) is 4.39. The highest BCUT2D eigenvalue weighted by Gasteiger charge is 2.16. The lowest BCUT2D eigenvalue weighted by molar-refractivity contribution is 0.0694. The Kier molecular flexibility index (Phi) is 4.75. The van der Waals surface area contributed by atoms with E-state index in [1.165, 1.54) is 0 Å². The van der Waals surface area contributed by atoms with Crippen LogP contribution in [0.4, 0.5) is 0 Å². The molecule has 2 N–H and O–H groups in total. The van der Waals surface area contributed by atoms with E-state index in [0.29, 0.717) is 5.56 Å². The van der Waals surface area contributed by atoms with E-state index in [1.54, 1.807) is 19.9 Å². The predicted octanol–water partition coefficient (Wildman–Crippen LogP) is 2.55. The molecule has 0 bridgehead atoms. The zero-order valence-electron chi connectivity index (χ0n) is 9.05. The van der Waals surface area contributed by atoms with E-state index in [1.807, 2.05) is 12.1 Å². The van der Waals surface area contributed by atoms with E-state index in [4.69, 9.17) is 0 Å². The smallest absolute Gasteiger partial charge is 0.252 e. The Hall–Kier alpha value is -0.140. The first-order valence-corrected chi connectivity index (χ1v) is 6.62. The highest BCUT2D eigenvalue weighted by atomic mass is 127. The summed E-state index contributed by atoms with van der Waals surface area (Å²) in [5.41, 5.74) is -0.319. The molecule has 88 valence electrons. The monoisotopic (exact) mass is 397 g/mol. The molecule has 0 aliphatic rings. The molecule has 0 aromatic heterocycles. The molecule has 0 fully saturated rings. The number of aliphatic hydroxyl groups is 1. The molecule has 1 aromatic carbocycles. The largest absolute Gasteiger partial charge is 0.389 e. The molecule has 16 heavy (non-hydrogen) atoms. The topological polar surface area (TPSA) is 49.3 Å². The first kappa shape index (κ1) is 13.9. The number of carbonyl (C=O) groups is 1. The van der Waals surface area contributed by atoms with E-state index in [-0.39, 0.29) is 12.5 Å². The van der Waals surface area contributed by atoms with Crippen molar-refractivity contribution in [1.29, 1.82) is 0 Å². The molecule has 0 unspecified atom stereocenters. The molecule has 0 atom stereocenters. The number of nitrogens with one attached hydrogen (secondary N) is 1. The Bertz CT molecular complexity index is 401. The molecule has 1 aromatic rings. The van der Waals surface area contributed by atoms with Gasteiger partial charge in [-0.15, -0.1) is 0 Å².